The van der Waals surface area contributed by atoms with E-state index in [1.807, 2.05) is 35.5 Å². The van der Waals surface area contributed by atoms with Crippen molar-refractivity contribution in [2.45, 2.75) is 6.92 Å². The third-order valence-electron chi connectivity index (χ3n) is 5.58. The lowest BCUT2D eigenvalue weighted by Crippen LogP contribution is -2.40. The number of nitrogens with one attached hydrogen (secondary N) is 1. The number of aromatic nitrogens is 3. The molecule has 1 saturated heterocycles. The molecule has 0 atom stereocenters. The number of aryl methyl sites for hydroxylation is 1. The van der Waals surface area contributed by atoms with Crippen LogP contribution in [0.2, 0.25) is 0 Å². The summed E-state index contributed by atoms with van der Waals surface area (Å²) in [5, 5.41) is 1.05. The molecule has 0 saturated carbocycles. The molecule has 5 rings (SSSR count). The number of nitrogens with zero attached hydrogens (tertiary/aromatic N) is 3. The number of aromatic amines is 1. The first-order chi connectivity index (χ1) is 14.7. The first kappa shape index (κ1) is 18.5. The van der Waals surface area contributed by atoms with Crippen LogP contribution in [0.4, 0.5) is 0 Å². The largest absolute Gasteiger partial charge is 0.378 e. The van der Waals surface area contributed by atoms with E-state index in [2.05, 4.69) is 40.1 Å². The highest BCUT2D eigenvalue weighted by Crippen LogP contribution is 2.32. The topological polar surface area (TPSA) is 71.1 Å². The molecular formula is C24H22N4O2. The van der Waals surface area contributed by atoms with Crippen molar-refractivity contribution in [3.8, 4) is 22.3 Å². The van der Waals surface area contributed by atoms with Crippen LogP contribution in [0.1, 0.15) is 15.9 Å². The smallest absolute Gasteiger partial charge is 0.255 e. The standard InChI is InChI=1S/C24H22N4O2/c1-16-4-2-3-5-20(16)22-15-27-23-21(22)11-18(14-26-23)17-10-19(13-25-12-17)24(29)28-6-8-30-9-7-28/h2-5,10-15H,6-9H2,1H3,(H,26,27). The number of amides is 1. The van der Waals surface area contributed by atoms with Gasteiger partial charge in [-0.1, -0.05) is 24.3 Å². The summed E-state index contributed by atoms with van der Waals surface area (Å²) in [4.78, 5) is 26.8. The second-order valence-electron chi connectivity index (χ2n) is 7.50. The van der Waals surface area contributed by atoms with E-state index in [0.29, 0.717) is 31.9 Å². The highest BCUT2D eigenvalue weighted by atomic mass is 16.5. The Kier molecular flexibility index (Phi) is 4.77. The van der Waals surface area contributed by atoms with Crippen LogP contribution in [-0.2, 0) is 4.74 Å². The van der Waals surface area contributed by atoms with Gasteiger partial charge in [0.05, 0.1) is 18.8 Å². The number of carbonyl (C=O) groups is 1. The van der Waals surface area contributed by atoms with Crippen LogP contribution in [0.15, 0.2) is 61.2 Å². The molecular weight excluding hydrogens is 376 g/mol. The minimum absolute atomic E-state index is 0.0102. The van der Waals surface area contributed by atoms with E-state index in [0.717, 1.165) is 27.7 Å². The predicted molar refractivity (Wildman–Crippen MR) is 116 cm³/mol. The number of carbonyl (C=O) groups excluding carboxylic acids is 1. The number of H-pyrrole nitrogens is 1. The van der Waals surface area contributed by atoms with Crippen LogP contribution in [0, 0.1) is 6.92 Å². The average molecular weight is 398 g/mol. The van der Waals surface area contributed by atoms with Gasteiger partial charge in [0.1, 0.15) is 5.65 Å². The monoisotopic (exact) mass is 398 g/mol. The third-order valence-corrected chi connectivity index (χ3v) is 5.58. The highest BCUT2D eigenvalue weighted by Gasteiger charge is 2.19. The molecule has 0 aliphatic carbocycles. The van der Waals surface area contributed by atoms with E-state index in [1.165, 1.54) is 11.1 Å². The van der Waals surface area contributed by atoms with Gasteiger partial charge in [0.2, 0.25) is 0 Å². The van der Waals surface area contributed by atoms with E-state index in [9.17, 15) is 4.79 Å². The molecule has 1 fully saturated rings. The summed E-state index contributed by atoms with van der Waals surface area (Å²) in [7, 11) is 0. The molecule has 1 amide bonds. The average Bonchev–Trinajstić information content (AvgIpc) is 3.22. The minimum atomic E-state index is -0.0102. The number of benzene rings is 1. The normalized spacial score (nSPS) is 14.2. The molecule has 0 bridgehead atoms. The Balaban J connectivity index is 1.53. The summed E-state index contributed by atoms with van der Waals surface area (Å²) in [6.07, 6.45) is 7.22. The molecule has 4 aromatic rings. The van der Waals surface area contributed by atoms with Crippen molar-refractivity contribution < 1.29 is 9.53 Å². The molecule has 1 N–H and O–H groups in total. The van der Waals surface area contributed by atoms with Crippen molar-refractivity contribution in [1.82, 2.24) is 19.9 Å². The first-order valence-corrected chi connectivity index (χ1v) is 10.1. The fourth-order valence-electron chi connectivity index (χ4n) is 3.92. The number of fused-ring (bicyclic) bond motifs is 1. The second kappa shape index (κ2) is 7.72. The molecule has 1 aliphatic heterocycles. The maximum atomic E-state index is 12.8. The number of morpholine rings is 1. The Labute approximate surface area is 174 Å². The number of pyridine rings is 2. The van der Waals surface area contributed by atoms with Crippen molar-refractivity contribution in [2.75, 3.05) is 26.3 Å². The van der Waals surface area contributed by atoms with Crippen molar-refractivity contribution in [3.05, 3.63) is 72.3 Å². The Bertz CT molecular complexity index is 1220. The minimum Gasteiger partial charge on any atom is -0.378 e. The summed E-state index contributed by atoms with van der Waals surface area (Å²) in [6.45, 7) is 4.48. The van der Waals surface area contributed by atoms with E-state index in [1.54, 1.807) is 12.4 Å². The van der Waals surface area contributed by atoms with Crippen LogP contribution >= 0.6 is 0 Å². The van der Waals surface area contributed by atoms with Crippen molar-refractivity contribution in [2.24, 2.45) is 0 Å². The third kappa shape index (κ3) is 3.35. The van der Waals surface area contributed by atoms with Gasteiger partial charge in [0.25, 0.3) is 5.91 Å². The molecule has 3 aromatic heterocycles. The van der Waals surface area contributed by atoms with Gasteiger partial charge in [-0.3, -0.25) is 9.78 Å². The maximum Gasteiger partial charge on any atom is 0.255 e. The van der Waals surface area contributed by atoms with Gasteiger partial charge in [-0.25, -0.2) is 4.98 Å². The number of hydrogen-bond donors (Lipinski definition) is 1. The first-order valence-electron chi connectivity index (χ1n) is 10.1. The van der Waals surface area contributed by atoms with Crippen molar-refractivity contribution in [3.63, 3.8) is 0 Å². The molecule has 1 aromatic carbocycles. The molecule has 0 unspecified atom stereocenters. The quantitative estimate of drug-likeness (QED) is 0.565. The molecule has 6 heteroatoms. The summed E-state index contributed by atoms with van der Waals surface area (Å²) < 4.78 is 5.35. The maximum absolute atomic E-state index is 12.8. The summed E-state index contributed by atoms with van der Waals surface area (Å²) in [5.74, 6) is -0.0102. The molecule has 6 nitrogen and oxygen atoms in total. The number of hydrogen-bond acceptors (Lipinski definition) is 4. The molecule has 0 radical (unpaired) electrons. The molecule has 150 valence electrons. The molecule has 4 heterocycles. The Morgan fingerprint density at radius 3 is 2.67 bits per heavy atom. The van der Waals surface area contributed by atoms with Gasteiger partial charge in [0, 0.05) is 60.0 Å². The summed E-state index contributed by atoms with van der Waals surface area (Å²) >= 11 is 0. The van der Waals surface area contributed by atoms with E-state index in [4.69, 9.17) is 4.74 Å². The van der Waals surface area contributed by atoms with Crippen LogP contribution < -0.4 is 0 Å². The lowest BCUT2D eigenvalue weighted by atomic mass is 9.99. The van der Waals surface area contributed by atoms with Gasteiger partial charge in [-0.15, -0.1) is 0 Å². The van der Waals surface area contributed by atoms with Crippen LogP contribution in [0.5, 0.6) is 0 Å². The summed E-state index contributed by atoms with van der Waals surface area (Å²) in [5.41, 5.74) is 6.74. The van der Waals surface area contributed by atoms with Crippen LogP contribution in [-0.4, -0.2) is 52.1 Å². The van der Waals surface area contributed by atoms with Gasteiger partial charge in [-0.2, -0.15) is 0 Å². The van der Waals surface area contributed by atoms with Gasteiger partial charge >= 0.3 is 0 Å². The molecule has 0 spiro atoms. The number of ether oxygens (including phenoxy) is 1. The van der Waals surface area contributed by atoms with E-state index >= 15 is 0 Å². The highest BCUT2D eigenvalue weighted by molar-refractivity contribution is 5.98. The lowest BCUT2D eigenvalue weighted by molar-refractivity contribution is 0.0302. The predicted octanol–water partition coefficient (Wildman–Crippen LogP) is 4.07. The Hall–Kier alpha value is -3.51. The Morgan fingerprint density at radius 2 is 1.83 bits per heavy atom. The van der Waals surface area contributed by atoms with Crippen LogP contribution in [0.25, 0.3) is 33.3 Å². The fourth-order valence-corrected chi connectivity index (χ4v) is 3.92. The fraction of sp³-hybridized carbons (Fsp3) is 0.208. The van der Waals surface area contributed by atoms with E-state index in [-0.39, 0.29) is 5.91 Å². The van der Waals surface area contributed by atoms with Crippen molar-refractivity contribution in [1.29, 1.82) is 0 Å². The lowest BCUT2D eigenvalue weighted by Gasteiger charge is -2.26. The Morgan fingerprint density at radius 1 is 1.03 bits per heavy atom. The zero-order valence-corrected chi connectivity index (χ0v) is 16.8. The summed E-state index contributed by atoms with van der Waals surface area (Å²) in [6, 6.07) is 12.3. The van der Waals surface area contributed by atoms with Gasteiger partial charge in [0.15, 0.2) is 0 Å². The van der Waals surface area contributed by atoms with Crippen LogP contribution in [0.3, 0.4) is 0 Å². The van der Waals surface area contributed by atoms with Gasteiger partial charge < -0.3 is 14.6 Å². The van der Waals surface area contributed by atoms with E-state index < -0.39 is 0 Å². The van der Waals surface area contributed by atoms with Gasteiger partial charge in [-0.05, 0) is 30.2 Å². The number of rotatable bonds is 3. The molecule has 30 heavy (non-hydrogen) atoms. The SMILES string of the molecule is Cc1ccccc1-c1c[nH]c2ncc(-c3cncc(C(=O)N4CCOCC4)c3)cc12. The van der Waals surface area contributed by atoms with Crippen molar-refractivity contribution >= 4 is 16.9 Å². The molecule has 1 aliphatic rings. The zero-order valence-electron chi connectivity index (χ0n) is 16.8. The zero-order chi connectivity index (χ0) is 20.5. The second-order valence-corrected chi connectivity index (χ2v) is 7.50.